The van der Waals surface area contributed by atoms with Crippen LogP contribution in [0.2, 0.25) is 0 Å². The minimum atomic E-state index is -0.283. The summed E-state index contributed by atoms with van der Waals surface area (Å²) >= 11 is 0. The molecule has 3 rings (SSSR count). The summed E-state index contributed by atoms with van der Waals surface area (Å²) < 4.78 is 0. The van der Waals surface area contributed by atoms with Crippen molar-refractivity contribution in [3.05, 3.63) is 94.5 Å². The van der Waals surface area contributed by atoms with Gasteiger partial charge in [0.05, 0.1) is 19.3 Å². The molecule has 0 fully saturated rings. The second kappa shape index (κ2) is 10.2. The number of benzene rings is 3. The van der Waals surface area contributed by atoms with Crippen molar-refractivity contribution >= 4 is 12.2 Å². The van der Waals surface area contributed by atoms with E-state index in [9.17, 15) is 0 Å². The van der Waals surface area contributed by atoms with Gasteiger partial charge in [0, 0.05) is 6.54 Å². The first-order valence-corrected chi connectivity index (χ1v) is 10.00. The Kier molecular flexibility index (Phi) is 7.36. The van der Waals surface area contributed by atoms with E-state index in [0.717, 1.165) is 5.56 Å². The van der Waals surface area contributed by atoms with E-state index in [4.69, 9.17) is 10.2 Å². The molecule has 3 aromatic rings. The molecule has 0 unspecified atom stereocenters. The van der Waals surface area contributed by atoms with Crippen LogP contribution in [0, 0.1) is 13.8 Å². The topological polar surface area (TPSA) is 52.5 Å². The standard InChI is InChI=1S/C26H29NO2/c1-19-15-21(16-27-25(17-28)18-29)11-12-22(19)13-14-23-9-6-10-26(20(23)2)24-7-4-3-5-8-24/h3-15,25,27-29H,16-18H2,1-2H3. The maximum atomic E-state index is 9.16. The highest BCUT2D eigenvalue weighted by Gasteiger charge is 2.06. The van der Waals surface area contributed by atoms with Crippen molar-refractivity contribution in [3.63, 3.8) is 0 Å². The molecule has 3 heteroatoms. The molecule has 3 nitrogen and oxygen atoms in total. The van der Waals surface area contributed by atoms with Gasteiger partial charge in [-0.05, 0) is 52.8 Å². The molecular weight excluding hydrogens is 358 g/mol. The zero-order valence-electron chi connectivity index (χ0n) is 17.1. The van der Waals surface area contributed by atoms with E-state index in [1.165, 1.54) is 33.4 Å². The minimum Gasteiger partial charge on any atom is -0.395 e. The van der Waals surface area contributed by atoms with Crippen molar-refractivity contribution in [3.8, 4) is 11.1 Å². The number of hydrogen-bond acceptors (Lipinski definition) is 3. The summed E-state index contributed by atoms with van der Waals surface area (Å²) in [5.74, 6) is 0. The minimum absolute atomic E-state index is 0.0717. The molecule has 0 amide bonds. The number of rotatable bonds is 8. The van der Waals surface area contributed by atoms with Gasteiger partial charge in [-0.1, -0.05) is 78.9 Å². The SMILES string of the molecule is Cc1cc(CNC(CO)CO)ccc1C=Cc1cccc(-c2ccccc2)c1C. The van der Waals surface area contributed by atoms with Gasteiger partial charge in [-0.15, -0.1) is 0 Å². The van der Waals surface area contributed by atoms with Crippen molar-refractivity contribution in [1.29, 1.82) is 0 Å². The second-order valence-electron chi connectivity index (χ2n) is 7.35. The number of aliphatic hydroxyl groups excluding tert-OH is 2. The first-order valence-electron chi connectivity index (χ1n) is 10.00. The molecule has 0 atom stereocenters. The first kappa shape index (κ1) is 21.0. The van der Waals surface area contributed by atoms with Crippen molar-refractivity contribution in [2.24, 2.45) is 0 Å². The number of hydrogen-bond donors (Lipinski definition) is 3. The highest BCUT2D eigenvalue weighted by atomic mass is 16.3. The van der Waals surface area contributed by atoms with Crippen LogP contribution in [0.3, 0.4) is 0 Å². The molecular formula is C26H29NO2. The Morgan fingerprint density at radius 1 is 0.828 bits per heavy atom. The van der Waals surface area contributed by atoms with Gasteiger partial charge in [-0.2, -0.15) is 0 Å². The highest BCUT2D eigenvalue weighted by molar-refractivity contribution is 5.78. The Labute approximate surface area is 173 Å². The van der Waals surface area contributed by atoms with Gasteiger partial charge in [-0.3, -0.25) is 0 Å². The predicted octanol–water partition coefficient (Wildman–Crippen LogP) is 4.58. The van der Waals surface area contributed by atoms with Crippen LogP contribution in [-0.4, -0.2) is 29.5 Å². The molecule has 0 radical (unpaired) electrons. The Balaban J connectivity index is 1.76. The first-order chi connectivity index (χ1) is 14.1. The number of aliphatic hydroxyl groups is 2. The summed E-state index contributed by atoms with van der Waals surface area (Å²) in [7, 11) is 0. The quantitative estimate of drug-likeness (QED) is 0.496. The lowest BCUT2D eigenvalue weighted by atomic mass is 9.95. The van der Waals surface area contributed by atoms with Crippen molar-refractivity contribution in [2.75, 3.05) is 13.2 Å². The maximum Gasteiger partial charge on any atom is 0.0607 e. The van der Waals surface area contributed by atoms with Gasteiger partial charge in [0.15, 0.2) is 0 Å². The molecule has 3 N–H and O–H groups in total. The van der Waals surface area contributed by atoms with E-state index in [-0.39, 0.29) is 19.3 Å². The zero-order chi connectivity index (χ0) is 20.6. The number of aryl methyl sites for hydroxylation is 1. The Morgan fingerprint density at radius 3 is 2.24 bits per heavy atom. The molecule has 0 saturated heterocycles. The summed E-state index contributed by atoms with van der Waals surface area (Å²) in [5, 5.41) is 21.5. The van der Waals surface area contributed by atoms with Crippen molar-refractivity contribution < 1.29 is 10.2 Å². The van der Waals surface area contributed by atoms with Gasteiger partial charge in [-0.25, -0.2) is 0 Å². The molecule has 0 bridgehead atoms. The normalized spacial score (nSPS) is 11.5. The van der Waals surface area contributed by atoms with Crippen LogP contribution in [0.5, 0.6) is 0 Å². The summed E-state index contributed by atoms with van der Waals surface area (Å²) in [6.07, 6.45) is 4.34. The lowest BCUT2D eigenvalue weighted by molar-refractivity contribution is 0.170. The van der Waals surface area contributed by atoms with Crippen LogP contribution >= 0.6 is 0 Å². The van der Waals surface area contributed by atoms with Gasteiger partial charge in [0.25, 0.3) is 0 Å². The fourth-order valence-corrected chi connectivity index (χ4v) is 3.43. The van der Waals surface area contributed by atoms with Crippen molar-refractivity contribution in [1.82, 2.24) is 5.32 Å². The van der Waals surface area contributed by atoms with Crippen LogP contribution in [0.15, 0.2) is 66.7 Å². The predicted molar refractivity (Wildman–Crippen MR) is 122 cm³/mol. The third-order valence-corrected chi connectivity index (χ3v) is 5.27. The lowest BCUT2D eigenvalue weighted by Gasteiger charge is -2.14. The third kappa shape index (κ3) is 5.42. The van der Waals surface area contributed by atoms with Crippen LogP contribution in [0.1, 0.15) is 27.8 Å². The Hall–Kier alpha value is -2.72. The molecule has 29 heavy (non-hydrogen) atoms. The summed E-state index contributed by atoms with van der Waals surface area (Å²) in [5.41, 5.74) is 8.48. The Morgan fingerprint density at radius 2 is 1.55 bits per heavy atom. The van der Waals surface area contributed by atoms with E-state index < -0.39 is 0 Å². The average molecular weight is 388 g/mol. The van der Waals surface area contributed by atoms with E-state index in [0.29, 0.717) is 6.54 Å². The Bertz CT molecular complexity index is 960. The fraction of sp³-hybridized carbons (Fsp3) is 0.231. The largest absolute Gasteiger partial charge is 0.395 e. The fourth-order valence-electron chi connectivity index (χ4n) is 3.43. The molecule has 0 spiro atoms. The molecule has 150 valence electrons. The van der Waals surface area contributed by atoms with Gasteiger partial charge in [0.2, 0.25) is 0 Å². The lowest BCUT2D eigenvalue weighted by Crippen LogP contribution is -2.35. The van der Waals surface area contributed by atoms with E-state index >= 15 is 0 Å². The molecule has 3 aromatic carbocycles. The monoisotopic (exact) mass is 387 g/mol. The van der Waals surface area contributed by atoms with Crippen LogP contribution in [0.4, 0.5) is 0 Å². The molecule has 0 heterocycles. The summed E-state index contributed by atoms with van der Waals surface area (Å²) in [6.45, 7) is 4.75. The maximum absolute atomic E-state index is 9.16. The highest BCUT2D eigenvalue weighted by Crippen LogP contribution is 2.27. The average Bonchev–Trinajstić information content (AvgIpc) is 2.75. The second-order valence-corrected chi connectivity index (χ2v) is 7.35. The molecule has 0 aliphatic heterocycles. The van der Waals surface area contributed by atoms with Gasteiger partial charge in [0.1, 0.15) is 0 Å². The van der Waals surface area contributed by atoms with Crippen LogP contribution in [0.25, 0.3) is 23.3 Å². The van der Waals surface area contributed by atoms with Crippen LogP contribution in [-0.2, 0) is 6.54 Å². The summed E-state index contributed by atoms with van der Waals surface area (Å²) in [4.78, 5) is 0. The molecule has 0 aliphatic rings. The van der Waals surface area contributed by atoms with E-state index in [1.807, 2.05) is 6.07 Å². The molecule has 0 aliphatic carbocycles. The third-order valence-electron chi connectivity index (χ3n) is 5.27. The van der Waals surface area contributed by atoms with Gasteiger partial charge >= 0.3 is 0 Å². The van der Waals surface area contributed by atoms with Gasteiger partial charge < -0.3 is 15.5 Å². The van der Waals surface area contributed by atoms with Crippen molar-refractivity contribution in [2.45, 2.75) is 26.4 Å². The smallest absolute Gasteiger partial charge is 0.0607 e. The van der Waals surface area contributed by atoms with E-state index in [1.54, 1.807) is 0 Å². The van der Waals surface area contributed by atoms with Crippen LogP contribution < -0.4 is 5.32 Å². The number of nitrogens with one attached hydrogen (secondary N) is 1. The molecule has 0 aromatic heterocycles. The summed E-state index contributed by atoms with van der Waals surface area (Å²) in [6, 6.07) is 23.0. The zero-order valence-corrected chi connectivity index (χ0v) is 17.1. The van der Waals surface area contributed by atoms with E-state index in [2.05, 4.69) is 92.0 Å². The molecule has 0 saturated carbocycles.